The minimum atomic E-state index is -0.432. The van der Waals surface area contributed by atoms with Crippen LogP contribution in [-0.2, 0) is 0 Å². The number of hydrogen-bond donors (Lipinski definition) is 2. The van der Waals surface area contributed by atoms with Crippen LogP contribution in [0, 0.1) is 11.3 Å². The average molecular weight is 238 g/mol. The van der Waals surface area contributed by atoms with Crippen LogP contribution in [-0.4, -0.2) is 5.66 Å². The van der Waals surface area contributed by atoms with Crippen LogP contribution in [0.3, 0.4) is 0 Å². The summed E-state index contributed by atoms with van der Waals surface area (Å²) in [7, 11) is 0. The van der Waals surface area contributed by atoms with E-state index < -0.39 is 5.66 Å². The minimum absolute atomic E-state index is 0.174. The van der Waals surface area contributed by atoms with E-state index >= 15 is 0 Å². The first kappa shape index (κ1) is 13.4. The molecule has 2 fully saturated rings. The predicted molar refractivity (Wildman–Crippen MR) is 73.5 cm³/mol. The van der Waals surface area contributed by atoms with Crippen LogP contribution >= 0.6 is 0 Å². The van der Waals surface area contributed by atoms with Gasteiger partial charge in [-0.2, -0.15) is 0 Å². The van der Waals surface area contributed by atoms with E-state index in [1.165, 1.54) is 64.2 Å². The third-order valence-corrected chi connectivity index (χ3v) is 5.61. The van der Waals surface area contributed by atoms with Crippen molar-refractivity contribution < 1.29 is 0 Å². The van der Waals surface area contributed by atoms with Crippen molar-refractivity contribution in [1.29, 1.82) is 0 Å². The molecule has 1 unspecified atom stereocenters. The zero-order valence-electron chi connectivity index (χ0n) is 11.5. The quantitative estimate of drug-likeness (QED) is 0.542. The fraction of sp³-hybridized carbons (Fsp3) is 1.00. The zero-order chi connectivity index (χ0) is 12.4. The molecule has 0 aromatic rings. The lowest BCUT2D eigenvalue weighted by Gasteiger charge is -2.48. The highest BCUT2D eigenvalue weighted by atomic mass is 15.0. The average Bonchev–Trinajstić information content (AvgIpc) is 2.61. The second kappa shape index (κ2) is 5.27. The van der Waals surface area contributed by atoms with Crippen LogP contribution in [0.15, 0.2) is 0 Å². The molecule has 100 valence electrons. The first-order valence-electron chi connectivity index (χ1n) is 7.64. The molecule has 0 aromatic heterocycles. The van der Waals surface area contributed by atoms with Crippen LogP contribution < -0.4 is 11.5 Å². The number of hydrogen-bond acceptors (Lipinski definition) is 2. The maximum atomic E-state index is 6.52. The van der Waals surface area contributed by atoms with E-state index in [9.17, 15) is 0 Å². The molecule has 2 aliphatic rings. The summed E-state index contributed by atoms with van der Waals surface area (Å²) in [5, 5.41) is 0. The van der Waals surface area contributed by atoms with Gasteiger partial charge in [-0.25, -0.2) is 0 Å². The lowest BCUT2D eigenvalue weighted by Crippen LogP contribution is -2.63. The van der Waals surface area contributed by atoms with Crippen molar-refractivity contribution >= 4 is 0 Å². The summed E-state index contributed by atoms with van der Waals surface area (Å²) in [4.78, 5) is 0. The first-order valence-corrected chi connectivity index (χ1v) is 7.64. The molecule has 2 nitrogen and oxygen atoms in total. The van der Waals surface area contributed by atoms with Gasteiger partial charge in [-0.05, 0) is 31.6 Å². The van der Waals surface area contributed by atoms with E-state index in [0.29, 0.717) is 0 Å². The normalized spacial score (nSPS) is 36.2. The summed E-state index contributed by atoms with van der Waals surface area (Å²) >= 11 is 0. The van der Waals surface area contributed by atoms with Crippen molar-refractivity contribution in [3.8, 4) is 0 Å². The van der Waals surface area contributed by atoms with Gasteiger partial charge < -0.3 is 11.5 Å². The van der Waals surface area contributed by atoms with Gasteiger partial charge in [0.25, 0.3) is 0 Å². The smallest absolute Gasteiger partial charge is 0.0694 e. The van der Waals surface area contributed by atoms with Crippen molar-refractivity contribution in [2.24, 2.45) is 22.8 Å². The molecule has 0 amide bonds. The van der Waals surface area contributed by atoms with Crippen molar-refractivity contribution in [2.75, 3.05) is 0 Å². The highest BCUT2D eigenvalue weighted by molar-refractivity contribution is 5.01. The Morgan fingerprint density at radius 2 is 1.29 bits per heavy atom. The molecule has 2 aliphatic carbocycles. The molecular formula is C15H30N2. The molecular weight excluding hydrogens is 208 g/mol. The van der Waals surface area contributed by atoms with Gasteiger partial charge in [0.1, 0.15) is 0 Å². The molecule has 4 N–H and O–H groups in total. The van der Waals surface area contributed by atoms with Gasteiger partial charge in [0.05, 0.1) is 5.66 Å². The molecule has 0 aromatic carbocycles. The van der Waals surface area contributed by atoms with E-state index in [1.807, 2.05) is 0 Å². The van der Waals surface area contributed by atoms with Gasteiger partial charge in [0, 0.05) is 5.41 Å². The van der Waals surface area contributed by atoms with Gasteiger partial charge in [-0.1, -0.05) is 51.9 Å². The van der Waals surface area contributed by atoms with Crippen molar-refractivity contribution in [3.05, 3.63) is 0 Å². The van der Waals surface area contributed by atoms with Crippen LogP contribution in [0.2, 0.25) is 0 Å². The molecule has 0 spiro atoms. The Balaban J connectivity index is 2.17. The molecule has 2 heteroatoms. The van der Waals surface area contributed by atoms with Crippen molar-refractivity contribution in [1.82, 2.24) is 0 Å². The molecule has 17 heavy (non-hydrogen) atoms. The van der Waals surface area contributed by atoms with Gasteiger partial charge in [0.2, 0.25) is 0 Å². The highest BCUT2D eigenvalue weighted by Crippen LogP contribution is 2.48. The Morgan fingerprint density at radius 3 is 1.94 bits per heavy atom. The lowest BCUT2D eigenvalue weighted by molar-refractivity contribution is 0.0463. The number of rotatable bonds is 1. The number of nitrogens with two attached hydrogens (primary N) is 2. The van der Waals surface area contributed by atoms with Gasteiger partial charge >= 0.3 is 0 Å². The summed E-state index contributed by atoms with van der Waals surface area (Å²) in [6.07, 6.45) is 14.4. The third-order valence-electron chi connectivity index (χ3n) is 5.61. The summed E-state index contributed by atoms with van der Waals surface area (Å²) < 4.78 is 0. The monoisotopic (exact) mass is 238 g/mol. The largest absolute Gasteiger partial charge is 0.313 e. The fourth-order valence-electron chi connectivity index (χ4n) is 4.11. The van der Waals surface area contributed by atoms with E-state index in [0.717, 1.165) is 12.3 Å². The summed E-state index contributed by atoms with van der Waals surface area (Å²) in [5.41, 5.74) is 12.8. The fourth-order valence-corrected chi connectivity index (χ4v) is 4.11. The first-order chi connectivity index (χ1) is 8.06. The zero-order valence-corrected chi connectivity index (χ0v) is 11.5. The van der Waals surface area contributed by atoms with Crippen LogP contribution in [0.25, 0.3) is 0 Å². The second-order valence-corrected chi connectivity index (χ2v) is 6.71. The summed E-state index contributed by atoms with van der Waals surface area (Å²) in [6, 6.07) is 0. The Morgan fingerprint density at radius 1 is 0.765 bits per heavy atom. The van der Waals surface area contributed by atoms with E-state index in [2.05, 4.69) is 6.92 Å². The SMILES string of the molecule is CC1(C2CCCCCC2)CCCCCC1(N)N. The van der Waals surface area contributed by atoms with Crippen molar-refractivity contribution in [2.45, 2.75) is 83.2 Å². The standard InChI is InChI=1S/C15H30N2/c1-14(13-9-5-2-3-6-10-13)11-7-4-8-12-15(14,16)17/h13H,2-12,16-17H2,1H3. The van der Waals surface area contributed by atoms with Crippen molar-refractivity contribution in [3.63, 3.8) is 0 Å². The lowest BCUT2D eigenvalue weighted by atomic mass is 9.63. The van der Waals surface area contributed by atoms with Crippen LogP contribution in [0.1, 0.15) is 77.6 Å². The third kappa shape index (κ3) is 2.68. The highest BCUT2D eigenvalue weighted by Gasteiger charge is 2.47. The van der Waals surface area contributed by atoms with E-state index in [-0.39, 0.29) is 5.41 Å². The Kier molecular flexibility index (Phi) is 4.14. The molecule has 0 saturated heterocycles. The summed E-state index contributed by atoms with van der Waals surface area (Å²) in [6.45, 7) is 2.38. The molecule has 0 heterocycles. The van der Waals surface area contributed by atoms with E-state index in [1.54, 1.807) is 0 Å². The molecule has 0 radical (unpaired) electrons. The molecule has 2 saturated carbocycles. The molecule has 0 aliphatic heterocycles. The Hall–Kier alpha value is -0.0800. The topological polar surface area (TPSA) is 52.0 Å². The Bertz CT molecular complexity index is 241. The molecule has 1 atom stereocenters. The molecule has 0 bridgehead atoms. The second-order valence-electron chi connectivity index (χ2n) is 6.71. The van der Waals surface area contributed by atoms with Crippen LogP contribution in [0.4, 0.5) is 0 Å². The van der Waals surface area contributed by atoms with Gasteiger partial charge in [0.15, 0.2) is 0 Å². The van der Waals surface area contributed by atoms with Gasteiger partial charge in [-0.15, -0.1) is 0 Å². The van der Waals surface area contributed by atoms with E-state index in [4.69, 9.17) is 11.5 Å². The maximum Gasteiger partial charge on any atom is 0.0694 e. The summed E-state index contributed by atoms with van der Waals surface area (Å²) in [5.74, 6) is 0.762. The van der Waals surface area contributed by atoms with Gasteiger partial charge in [-0.3, -0.25) is 0 Å². The maximum absolute atomic E-state index is 6.52. The Labute approximate surface area is 107 Å². The molecule has 2 rings (SSSR count). The minimum Gasteiger partial charge on any atom is -0.313 e. The predicted octanol–water partition coefficient (Wildman–Crippen LogP) is 3.54. The van der Waals surface area contributed by atoms with Crippen LogP contribution in [0.5, 0.6) is 0 Å².